The van der Waals surface area contributed by atoms with Crippen LogP contribution in [0.15, 0.2) is 43.0 Å². The summed E-state index contributed by atoms with van der Waals surface area (Å²) in [5.74, 6) is 1.25. The van der Waals surface area contributed by atoms with Crippen LogP contribution in [0.1, 0.15) is 56.4 Å². The average Bonchev–Trinajstić information content (AvgIpc) is 3.42. The molecule has 0 spiro atoms. The van der Waals surface area contributed by atoms with Gasteiger partial charge in [0.2, 0.25) is 0 Å². The lowest BCUT2D eigenvalue weighted by molar-refractivity contribution is -0.0432. The Morgan fingerprint density at radius 2 is 1.90 bits per heavy atom. The second kappa shape index (κ2) is 8.90. The van der Waals surface area contributed by atoms with E-state index in [0.29, 0.717) is 29.3 Å². The highest BCUT2D eigenvalue weighted by Crippen LogP contribution is 2.38. The van der Waals surface area contributed by atoms with E-state index in [2.05, 4.69) is 44.5 Å². The van der Waals surface area contributed by atoms with E-state index in [9.17, 15) is 10.2 Å². The SMILES string of the molecule is OC[C@H]1O[C@@H](n2cnc3c(NC(c4ccccc4)C4CCCCC4)ncnc32)CC1O. The second-order valence-corrected chi connectivity index (χ2v) is 8.59. The zero-order valence-corrected chi connectivity index (χ0v) is 17.5. The van der Waals surface area contributed by atoms with E-state index in [4.69, 9.17) is 4.74 Å². The third-order valence-electron chi connectivity index (χ3n) is 6.63. The molecule has 1 saturated carbocycles. The molecule has 1 aliphatic carbocycles. The van der Waals surface area contributed by atoms with E-state index < -0.39 is 18.4 Å². The predicted octanol–water partition coefficient (Wildman–Crippen LogP) is 3.20. The minimum atomic E-state index is -0.708. The molecular formula is C23H29N5O3. The van der Waals surface area contributed by atoms with Gasteiger partial charge < -0.3 is 20.3 Å². The van der Waals surface area contributed by atoms with Gasteiger partial charge >= 0.3 is 0 Å². The lowest BCUT2D eigenvalue weighted by Crippen LogP contribution is -2.24. The van der Waals surface area contributed by atoms with Crippen molar-refractivity contribution in [1.82, 2.24) is 19.5 Å². The normalized spacial score (nSPS) is 25.7. The van der Waals surface area contributed by atoms with E-state index in [1.165, 1.54) is 37.7 Å². The van der Waals surface area contributed by atoms with Gasteiger partial charge in [-0.1, -0.05) is 49.6 Å². The summed E-state index contributed by atoms with van der Waals surface area (Å²) in [5, 5.41) is 23.2. The summed E-state index contributed by atoms with van der Waals surface area (Å²) in [5.41, 5.74) is 2.60. The molecular weight excluding hydrogens is 394 g/mol. The van der Waals surface area contributed by atoms with E-state index in [1.807, 2.05) is 10.6 Å². The number of aliphatic hydroxyl groups is 2. The number of rotatable bonds is 6. The molecule has 3 aromatic rings. The molecule has 8 heteroatoms. The van der Waals surface area contributed by atoms with Crippen LogP contribution in [-0.4, -0.2) is 48.5 Å². The number of fused-ring (bicyclic) bond motifs is 1. The molecule has 2 fully saturated rings. The molecule has 164 valence electrons. The van der Waals surface area contributed by atoms with Crippen LogP contribution in [0.4, 0.5) is 5.82 Å². The Bertz CT molecular complexity index is 1000. The van der Waals surface area contributed by atoms with Crippen molar-refractivity contribution in [2.45, 2.75) is 63.0 Å². The maximum atomic E-state index is 10.1. The van der Waals surface area contributed by atoms with Crippen LogP contribution in [0.2, 0.25) is 0 Å². The number of nitrogens with zero attached hydrogens (tertiary/aromatic N) is 4. The van der Waals surface area contributed by atoms with Crippen molar-refractivity contribution in [2.24, 2.45) is 5.92 Å². The molecule has 1 aliphatic heterocycles. The first kappa shape index (κ1) is 20.4. The molecule has 1 saturated heterocycles. The maximum Gasteiger partial charge on any atom is 0.167 e. The van der Waals surface area contributed by atoms with Crippen molar-refractivity contribution in [3.8, 4) is 0 Å². The number of aliphatic hydroxyl groups excluding tert-OH is 2. The third-order valence-corrected chi connectivity index (χ3v) is 6.63. The van der Waals surface area contributed by atoms with Crippen molar-refractivity contribution in [2.75, 3.05) is 11.9 Å². The minimum Gasteiger partial charge on any atom is -0.394 e. The highest BCUT2D eigenvalue weighted by molar-refractivity contribution is 5.83. The van der Waals surface area contributed by atoms with Crippen molar-refractivity contribution in [1.29, 1.82) is 0 Å². The van der Waals surface area contributed by atoms with Gasteiger partial charge in [0, 0.05) is 6.42 Å². The number of ether oxygens (including phenoxy) is 1. The van der Waals surface area contributed by atoms with Crippen molar-refractivity contribution >= 4 is 17.0 Å². The van der Waals surface area contributed by atoms with Crippen LogP contribution < -0.4 is 5.32 Å². The van der Waals surface area contributed by atoms with Crippen LogP contribution in [0.5, 0.6) is 0 Å². The fourth-order valence-electron chi connectivity index (χ4n) is 4.97. The Morgan fingerprint density at radius 1 is 1.10 bits per heavy atom. The van der Waals surface area contributed by atoms with Crippen LogP contribution in [0.3, 0.4) is 0 Å². The summed E-state index contributed by atoms with van der Waals surface area (Å²) in [6.45, 7) is -0.216. The number of benzene rings is 1. The Kier molecular flexibility index (Phi) is 5.85. The smallest absolute Gasteiger partial charge is 0.167 e. The molecule has 0 radical (unpaired) electrons. The van der Waals surface area contributed by atoms with Crippen molar-refractivity contribution in [3.63, 3.8) is 0 Å². The van der Waals surface area contributed by atoms with Crippen LogP contribution in [-0.2, 0) is 4.74 Å². The molecule has 3 heterocycles. The van der Waals surface area contributed by atoms with Gasteiger partial charge in [0.25, 0.3) is 0 Å². The van der Waals surface area contributed by atoms with Crippen LogP contribution in [0.25, 0.3) is 11.2 Å². The molecule has 0 bridgehead atoms. The molecule has 2 unspecified atom stereocenters. The summed E-state index contributed by atoms with van der Waals surface area (Å²) in [6.07, 6.45) is 8.13. The van der Waals surface area contributed by atoms with Crippen LogP contribution >= 0.6 is 0 Å². The fraction of sp³-hybridized carbons (Fsp3) is 0.522. The second-order valence-electron chi connectivity index (χ2n) is 8.59. The highest BCUT2D eigenvalue weighted by atomic mass is 16.5. The first-order valence-corrected chi connectivity index (χ1v) is 11.2. The standard InChI is InChI=1S/C23H29N5O3/c29-12-18-17(30)11-19(31-18)28-14-26-21-22(24-13-25-23(21)28)27-20(15-7-3-1-4-8-15)16-9-5-2-6-10-16/h1,3-4,7-8,13-14,16-20,29-30H,2,5-6,9-12H2,(H,24,25,27)/t17?,18-,19-,20?/m1/s1. The Hall–Kier alpha value is -2.55. The molecule has 3 N–H and O–H groups in total. The van der Waals surface area contributed by atoms with Gasteiger partial charge in [0.05, 0.1) is 25.1 Å². The Labute approximate surface area is 181 Å². The van der Waals surface area contributed by atoms with Gasteiger partial charge in [-0.25, -0.2) is 15.0 Å². The highest BCUT2D eigenvalue weighted by Gasteiger charge is 2.35. The number of imidazole rings is 1. The van der Waals surface area contributed by atoms with Gasteiger partial charge in [-0.2, -0.15) is 0 Å². The zero-order chi connectivity index (χ0) is 21.2. The minimum absolute atomic E-state index is 0.160. The lowest BCUT2D eigenvalue weighted by atomic mass is 9.81. The Balaban J connectivity index is 1.46. The summed E-state index contributed by atoms with van der Waals surface area (Å²) in [7, 11) is 0. The first-order chi connectivity index (χ1) is 15.2. The van der Waals surface area contributed by atoms with Gasteiger partial charge in [-0.05, 0) is 24.3 Å². The van der Waals surface area contributed by atoms with Crippen molar-refractivity contribution < 1.29 is 14.9 Å². The van der Waals surface area contributed by atoms with Gasteiger partial charge in [-0.3, -0.25) is 4.57 Å². The summed E-state index contributed by atoms with van der Waals surface area (Å²) in [4.78, 5) is 13.5. The number of anilines is 1. The quantitative estimate of drug-likeness (QED) is 0.559. The van der Waals surface area contributed by atoms with Crippen LogP contribution in [0, 0.1) is 5.92 Å². The maximum absolute atomic E-state index is 10.1. The predicted molar refractivity (Wildman–Crippen MR) is 116 cm³/mol. The Morgan fingerprint density at radius 3 is 2.65 bits per heavy atom. The summed E-state index contributed by atoms with van der Waals surface area (Å²) < 4.78 is 7.62. The molecule has 0 amide bonds. The average molecular weight is 424 g/mol. The molecule has 31 heavy (non-hydrogen) atoms. The number of nitrogens with one attached hydrogen (secondary N) is 1. The summed E-state index contributed by atoms with van der Waals surface area (Å²) >= 11 is 0. The molecule has 1 aromatic carbocycles. The third kappa shape index (κ3) is 4.03. The van der Waals surface area contributed by atoms with E-state index in [0.717, 1.165) is 0 Å². The molecule has 2 aromatic heterocycles. The zero-order valence-electron chi connectivity index (χ0n) is 17.5. The number of aromatic nitrogens is 4. The molecule has 8 nitrogen and oxygen atoms in total. The van der Waals surface area contributed by atoms with Gasteiger partial charge in [-0.15, -0.1) is 0 Å². The van der Waals surface area contributed by atoms with E-state index in [-0.39, 0.29) is 12.6 Å². The lowest BCUT2D eigenvalue weighted by Gasteiger charge is -2.31. The number of hydrogen-bond acceptors (Lipinski definition) is 7. The van der Waals surface area contributed by atoms with Crippen molar-refractivity contribution in [3.05, 3.63) is 48.5 Å². The largest absolute Gasteiger partial charge is 0.394 e. The fourth-order valence-corrected chi connectivity index (χ4v) is 4.97. The monoisotopic (exact) mass is 423 g/mol. The van der Waals surface area contributed by atoms with E-state index >= 15 is 0 Å². The number of hydrogen-bond donors (Lipinski definition) is 3. The molecule has 4 atom stereocenters. The molecule has 2 aliphatic rings. The first-order valence-electron chi connectivity index (χ1n) is 11.2. The summed E-state index contributed by atoms with van der Waals surface area (Å²) in [6, 6.07) is 10.7. The van der Waals surface area contributed by atoms with Gasteiger partial charge in [0.1, 0.15) is 18.7 Å². The topological polar surface area (TPSA) is 105 Å². The van der Waals surface area contributed by atoms with E-state index in [1.54, 1.807) is 12.7 Å². The van der Waals surface area contributed by atoms with Gasteiger partial charge in [0.15, 0.2) is 17.0 Å². The molecule has 5 rings (SSSR count).